The van der Waals surface area contributed by atoms with Gasteiger partial charge in [0, 0.05) is 18.7 Å². The number of amides is 1. The second kappa shape index (κ2) is 7.13. The summed E-state index contributed by atoms with van der Waals surface area (Å²) in [6.45, 7) is 11.5. The average molecular weight is 425 g/mol. The SMILES string of the molecule is Cc1nc2c(cc1Cl)[C@@H](C(C)(C)C(=O)O)OC21CCN(C(=O)OC(C)(C)C)CC1. The lowest BCUT2D eigenvalue weighted by atomic mass is 9.81. The molecule has 7 nitrogen and oxygen atoms in total. The highest BCUT2D eigenvalue weighted by Gasteiger charge is 2.55. The van der Waals surface area contributed by atoms with Crippen LogP contribution < -0.4 is 0 Å². The van der Waals surface area contributed by atoms with Gasteiger partial charge in [-0.3, -0.25) is 9.78 Å². The number of likely N-dealkylation sites (tertiary alicyclic amines) is 1. The van der Waals surface area contributed by atoms with Crippen molar-refractivity contribution >= 4 is 23.7 Å². The van der Waals surface area contributed by atoms with Gasteiger partial charge in [-0.25, -0.2) is 4.79 Å². The number of carbonyl (C=O) groups excluding carboxylic acids is 1. The molecular formula is C21H29ClN2O5. The first-order chi connectivity index (χ1) is 13.3. The second-order valence-electron chi connectivity index (χ2n) is 9.48. The van der Waals surface area contributed by atoms with E-state index >= 15 is 0 Å². The van der Waals surface area contributed by atoms with Gasteiger partial charge >= 0.3 is 12.1 Å². The van der Waals surface area contributed by atoms with Crippen molar-refractivity contribution in [3.05, 3.63) is 28.0 Å². The number of carbonyl (C=O) groups is 2. The molecule has 2 aliphatic rings. The van der Waals surface area contributed by atoms with Crippen LogP contribution in [0.5, 0.6) is 0 Å². The molecule has 1 saturated heterocycles. The summed E-state index contributed by atoms with van der Waals surface area (Å²) < 4.78 is 11.9. The summed E-state index contributed by atoms with van der Waals surface area (Å²) in [6, 6.07) is 1.78. The van der Waals surface area contributed by atoms with E-state index in [9.17, 15) is 14.7 Å². The Labute approximate surface area is 176 Å². The summed E-state index contributed by atoms with van der Waals surface area (Å²) in [6.07, 6.45) is 0.000804. The Morgan fingerprint density at radius 1 is 1.28 bits per heavy atom. The number of hydrogen-bond donors (Lipinski definition) is 1. The van der Waals surface area contributed by atoms with Crippen molar-refractivity contribution in [3.63, 3.8) is 0 Å². The molecule has 8 heteroatoms. The average Bonchev–Trinajstić information content (AvgIpc) is 2.88. The number of halogens is 1. The van der Waals surface area contributed by atoms with E-state index in [4.69, 9.17) is 26.1 Å². The van der Waals surface area contributed by atoms with Crippen molar-refractivity contribution in [2.75, 3.05) is 13.1 Å². The van der Waals surface area contributed by atoms with Gasteiger partial charge in [0.2, 0.25) is 0 Å². The van der Waals surface area contributed by atoms with E-state index in [1.165, 1.54) is 0 Å². The lowest BCUT2D eigenvalue weighted by Crippen LogP contribution is -2.47. The molecule has 1 aromatic heterocycles. The molecule has 1 N–H and O–H groups in total. The fourth-order valence-electron chi connectivity index (χ4n) is 3.88. The highest BCUT2D eigenvalue weighted by molar-refractivity contribution is 6.31. The van der Waals surface area contributed by atoms with Gasteiger partial charge < -0.3 is 19.5 Å². The quantitative estimate of drug-likeness (QED) is 0.754. The summed E-state index contributed by atoms with van der Waals surface area (Å²) in [5.41, 5.74) is -0.311. The number of aromatic nitrogens is 1. The number of rotatable bonds is 2. The molecule has 0 bridgehead atoms. The van der Waals surface area contributed by atoms with Crippen LogP contribution in [0.15, 0.2) is 6.07 Å². The van der Waals surface area contributed by atoms with E-state index in [-0.39, 0.29) is 6.09 Å². The molecule has 1 fully saturated rings. The first kappa shape index (κ1) is 21.8. The highest BCUT2D eigenvalue weighted by Crippen LogP contribution is 2.54. The Morgan fingerprint density at radius 3 is 2.38 bits per heavy atom. The molecule has 1 aromatic rings. The number of carboxylic acids is 1. The summed E-state index contributed by atoms with van der Waals surface area (Å²) in [5, 5.41) is 10.2. The first-order valence-electron chi connectivity index (χ1n) is 9.83. The van der Waals surface area contributed by atoms with Crippen molar-refractivity contribution in [2.45, 2.75) is 71.7 Å². The molecule has 1 amide bonds. The number of ether oxygens (including phenoxy) is 2. The second-order valence-corrected chi connectivity index (χ2v) is 9.89. The van der Waals surface area contributed by atoms with Crippen molar-refractivity contribution in [1.29, 1.82) is 0 Å². The van der Waals surface area contributed by atoms with Crippen LogP contribution in [0.1, 0.15) is 70.5 Å². The van der Waals surface area contributed by atoms with Gasteiger partial charge in [-0.15, -0.1) is 0 Å². The number of fused-ring (bicyclic) bond motifs is 2. The predicted molar refractivity (Wildman–Crippen MR) is 108 cm³/mol. The van der Waals surface area contributed by atoms with E-state index < -0.39 is 28.7 Å². The lowest BCUT2D eigenvalue weighted by molar-refractivity contribution is -0.173. The van der Waals surface area contributed by atoms with E-state index in [1.54, 1.807) is 24.8 Å². The van der Waals surface area contributed by atoms with Crippen LogP contribution in [0, 0.1) is 12.3 Å². The van der Waals surface area contributed by atoms with Crippen LogP contribution in [-0.2, 0) is 19.9 Å². The minimum absolute atomic E-state index is 0.353. The molecule has 0 aromatic carbocycles. The van der Waals surface area contributed by atoms with Gasteiger partial charge in [0.1, 0.15) is 17.3 Å². The molecular weight excluding hydrogens is 396 g/mol. The van der Waals surface area contributed by atoms with Crippen molar-refractivity contribution in [1.82, 2.24) is 9.88 Å². The van der Waals surface area contributed by atoms with Gasteiger partial charge in [0.15, 0.2) is 0 Å². The minimum atomic E-state index is -1.15. The summed E-state index contributed by atoms with van der Waals surface area (Å²) >= 11 is 6.31. The molecule has 1 spiro atoms. The van der Waals surface area contributed by atoms with E-state index in [0.717, 1.165) is 11.3 Å². The van der Waals surface area contributed by atoms with Gasteiger partial charge in [-0.2, -0.15) is 0 Å². The Balaban J connectivity index is 1.91. The Kier molecular flexibility index (Phi) is 5.37. The van der Waals surface area contributed by atoms with E-state index in [1.807, 2.05) is 27.7 Å². The zero-order chi connectivity index (χ0) is 21.8. The number of pyridine rings is 1. The van der Waals surface area contributed by atoms with Crippen LogP contribution >= 0.6 is 11.6 Å². The monoisotopic (exact) mass is 424 g/mol. The number of aryl methyl sites for hydroxylation is 1. The number of piperidine rings is 1. The largest absolute Gasteiger partial charge is 0.481 e. The molecule has 0 radical (unpaired) electrons. The molecule has 0 unspecified atom stereocenters. The van der Waals surface area contributed by atoms with Crippen molar-refractivity contribution < 1.29 is 24.2 Å². The fraction of sp³-hybridized carbons (Fsp3) is 0.667. The summed E-state index contributed by atoms with van der Waals surface area (Å²) in [5.74, 6) is -0.951. The molecule has 2 aliphatic heterocycles. The smallest absolute Gasteiger partial charge is 0.410 e. The van der Waals surface area contributed by atoms with Crippen LogP contribution in [0.3, 0.4) is 0 Å². The fourth-order valence-corrected chi connectivity index (χ4v) is 4.04. The van der Waals surface area contributed by atoms with E-state index in [2.05, 4.69) is 0 Å². The standard InChI is InChI=1S/C21H29ClN2O5/c1-12-14(22)11-13-15(23-12)21(28-16(13)20(5,6)17(25)26)7-9-24(10-8-21)18(27)29-19(2,3)4/h11,16H,7-10H2,1-6H3,(H,25,26)/t16-/m0/s1. The number of carboxylic acid groups (broad SMARTS) is 1. The summed E-state index contributed by atoms with van der Waals surface area (Å²) in [7, 11) is 0. The number of nitrogens with zero attached hydrogens (tertiary/aromatic N) is 2. The topological polar surface area (TPSA) is 89.0 Å². The van der Waals surface area contributed by atoms with Crippen molar-refractivity contribution in [3.8, 4) is 0 Å². The molecule has 29 heavy (non-hydrogen) atoms. The van der Waals surface area contributed by atoms with Crippen LogP contribution in [-0.4, -0.2) is 45.7 Å². The summed E-state index contributed by atoms with van der Waals surface area (Å²) in [4.78, 5) is 30.7. The number of hydrogen-bond acceptors (Lipinski definition) is 5. The maximum Gasteiger partial charge on any atom is 0.410 e. The molecule has 3 heterocycles. The molecule has 160 valence electrons. The van der Waals surface area contributed by atoms with Crippen LogP contribution in [0.4, 0.5) is 4.79 Å². The normalized spacial score (nSPS) is 21.2. The van der Waals surface area contributed by atoms with Gasteiger partial charge in [-0.1, -0.05) is 11.6 Å². The Hall–Kier alpha value is -1.86. The maximum absolute atomic E-state index is 12.4. The third-order valence-electron chi connectivity index (χ3n) is 5.67. The third-order valence-corrected chi connectivity index (χ3v) is 6.05. The third kappa shape index (κ3) is 3.94. The Bertz CT molecular complexity index is 838. The predicted octanol–water partition coefficient (Wildman–Crippen LogP) is 4.45. The minimum Gasteiger partial charge on any atom is -0.481 e. The van der Waals surface area contributed by atoms with Crippen LogP contribution in [0.25, 0.3) is 0 Å². The Morgan fingerprint density at radius 2 is 1.86 bits per heavy atom. The zero-order valence-corrected chi connectivity index (χ0v) is 18.6. The first-order valence-corrected chi connectivity index (χ1v) is 10.2. The maximum atomic E-state index is 12.4. The van der Waals surface area contributed by atoms with Crippen molar-refractivity contribution in [2.24, 2.45) is 5.41 Å². The zero-order valence-electron chi connectivity index (χ0n) is 17.8. The van der Waals surface area contributed by atoms with Gasteiger partial charge in [-0.05, 0) is 60.5 Å². The molecule has 0 aliphatic carbocycles. The van der Waals surface area contributed by atoms with Gasteiger partial charge in [0.05, 0.1) is 21.8 Å². The van der Waals surface area contributed by atoms with Crippen LogP contribution in [0.2, 0.25) is 5.02 Å². The highest BCUT2D eigenvalue weighted by atomic mass is 35.5. The molecule has 0 saturated carbocycles. The van der Waals surface area contributed by atoms with E-state index in [0.29, 0.717) is 36.6 Å². The molecule has 1 atom stereocenters. The van der Waals surface area contributed by atoms with Gasteiger partial charge in [0.25, 0.3) is 0 Å². The number of aliphatic carboxylic acids is 1. The lowest BCUT2D eigenvalue weighted by Gasteiger charge is -2.40. The molecule has 3 rings (SSSR count).